The van der Waals surface area contributed by atoms with Gasteiger partial charge in [-0.05, 0) is 30.7 Å². The Labute approximate surface area is 120 Å². The number of pyridine rings is 1. The molecule has 0 spiro atoms. The van der Waals surface area contributed by atoms with E-state index in [1.165, 1.54) is 18.3 Å². The zero-order valence-corrected chi connectivity index (χ0v) is 11.2. The molecule has 0 saturated carbocycles. The van der Waals surface area contributed by atoms with Gasteiger partial charge in [0, 0.05) is 29.4 Å². The molecule has 2 N–H and O–H groups in total. The van der Waals surface area contributed by atoms with Gasteiger partial charge in [-0.25, -0.2) is 8.78 Å². The lowest BCUT2D eigenvalue weighted by Crippen LogP contribution is -1.96. The van der Waals surface area contributed by atoms with Crippen LogP contribution in [0.4, 0.5) is 14.5 Å². The summed E-state index contributed by atoms with van der Waals surface area (Å²) in [6.07, 6.45) is 1.52. The van der Waals surface area contributed by atoms with Crippen molar-refractivity contribution < 1.29 is 13.5 Å². The van der Waals surface area contributed by atoms with Crippen LogP contribution in [0.25, 0.3) is 10.9 Å². The Bertz CT molecular complexity index is 834. The van der Waals surface area contributed by atoms with Gasteiger partial charge >= 0.3 is 0 Å². The number of nitrogens with zero attached hydrogens (tertiary/aromatic N) is 1. The Morgan fingerprint density at radius 1 is 1.10 bits per heavy atom. The Balaban J connectivity index is 2.14. The summed E-state index contributed by atoms with van der Waals surface area (Å²) in [6.45, 7) is 1.64. The summed E-state index contributed by atoms with van der Waals surface area (Å²) in [5.41, 5.74) is 6.83. The molecule has 0 aliphatic rings. The Kier molecular flexibility index (Phi) is 3.17. The molecule has 106 valence electrons. The number of hydrogen-bond donors (Lipinski definition) is 1. The van der Waals surface area contributed by atoms with Gasteiger partial charge in [0.2, 0.25) is 0 Å². The lowest BCUT2D eigenvalue weighted by Gasteiger charge is -2.11. The first-order valence-corrected chi connectivity index (χ1v) is 6.33. The van der Waals surface area contributed by atoms with Crippen molar-refractivity contribution in [2.45, 2.75) is 6.92 Å². The average Bonchev–Trinajstić information content (AvgIpc) is 2.47. The maximum absolute atomic E-state index is 14.1. The highest BCUT2D eigenvalue weighted by atomic mass is 19.1. The van der Waals surface area contributed by atoms with Crippen LogP contribution in [0.15, 0.2) is 42.6 Å². The monoisotopic (exact) mass is 286 g/mol. The molecule has 3 nitrogen and oxygen atoms in total. The van der Waals surface area contributed by atoms with Gasteiger partial charge in [0.05, 0.1) is 0 Å². The number of nitrogen functional groups attached to an aromatic ring is 1. The second-order valence-corrected chi connectivity index (χ2v) is 4.69. The second kappa shape index (κ2) is 5.01. The van der Waals surface area contributed by atoms with Crippen LogP contribution in [0.3, 0.4) is 0 Å². The number of rotatable bonds is 2. The molecular formula is C16H12F2N2O. The first kappa shape index (κ1) is 13.3. The molecule has 3 rings (SSSR count). The molecule has 0 fully saturated rings. The fourth-order valence-electron chi connectivity index (χ4n) is 2.06. The van der Waals surface area contributed by atoms with Crippen molar-refractivity contribution in [3.8, 4) is 11.5 Å². The van der Waals surface area contributed by atoms with Crippen LogP contribution < -0.4 is 10.5 Å². The van der Waals surface area contributed by atoms with E-state index < -0.39 is 11.6 Å². The average molecular weight is 286 g/mol. The first-order valence-electron chi connectivity index (χ1n) is 6.33. The minimum absolute atomic E-state index is 0.0666. The molecule has 2 aromatic carbocycles. The number of hydrogen-bond acceptors (Lipinski definition) is 3. The normalized spacial score (nSPS) is 10.8. The molecule has 0 atom stereocenters. The van der Waals surface area contributed by atoms with E-state index in [-0.39, 0.29) is 17.2 Å². The highest BCUT2D eigenvalue weighted by Crippen LogP contribution is 2.34. The summed E-state index contributed by atoms with van der Waals surface area (Å²) < 4.78 is 33.1. The molecular weight excluding hydrogens is 274 g/mol. The van der Waals surface area contributed by atoms with Gasteiger partial charge in [-0.1, -0.05) is 6.07 Å². The third-order valence-electron chi connectivity index (χ3n) is 3.20. The van der Waals surface area contributed by atoms with Crippen molar-refractivity contribution >= 4 is 16.6 Å². The van der Waals surface area contributed by atoms with Crippen LogP contribution in [0.5, 0.6) is 11.5 Å². The van der Waals surface area contributed by atoms with Crippen LogP contribution >= 0.6 is 0 Å². The predicted octanol–water partition coefficient (Wildman–Crippen LogP) is 4.20. The van der Waals surface area contributed by atoms with Gasteiger partial charge in [-0.2, -0.15) is 0 Å². The van der Waals surface area contributed by atoms with E-state index in [2.05, 4.69) is 4.98 Å². The summed E-state index contributed by atoms with van der Waals surface area (Å²) in [7, 11) is 0. The summed E-state index contributed by atoms with van der Waals surface area (Å²) >= 11 is 0. The maximum atomic E-state index is 14.1. The van der Waals surface area contributed by atoms with Crippen molar-refractivity contribution in [3.63, 3.8) is 0 Å². The molecule has 0 radical (unpaired) electrons. The largest absolute Gasteiger partial charge is 0.452 e. The van der Waals surface area contributed by atoms with Gasteiger partial charge in [-0.3, -0.25) is 4.98 Å². The standard InChI is InChI=1S/C16H12F2N2O/c1-9-4-5-10(7-12(9)17)21-16-13(18)8-14(19)11-3-2-6-20-15(11)16/h2-8H,19H2,1H3. The van der Waals surface area contributed by atoms with Crippen LogP contribution in [-0.4, -0.2) is 4.98 Å². The van der Waals surface area contributed by atoms with E-state index in [4.69, 9.17) is 10.5 Å². The van der Waals surface area contributed by atoms with Gasteiger partial charge < -0.3 is 10.5 Å². The third-order valence-corrected chi connectivity index (χ3v) is 3.20. The van der Waals surface area contributed by atoms with Crippen molar-refractivity contribution in [2.75, 3.05) is 5.73 Å². The maximum Gasteiger partial charge on any atom is 0.189 e. The molecule has 0 bridgehead atoms. The minimum atomic E-state index is -0.639. The number of fused-ring (bicyclic) bond motifs is 1. The first-order chi connectivity index (χ1) is 10.1. The second-order valence-electron chi connectivity index (χ2n) is 4.69. The number of aryl methyl sites for hydroxylation is 1. The van der Waals surface area contributed by atoms with E-state index in [9.17, 15) is 8.78 Å². The van der Waals surface area contributed by atoms with Gasteiger partial charge in [0.25, 0.3) is 0 Å². The molecule has 0 saturated heterocycles. The zero-order chi connectivity index (χ0) is 15.0. The van der Waals surface area contributed by atoms with E-state index in [0.29, 0.717) is 16.5 Å². The van der Waals surface area contributed by atoms with Crippen LogP contribution in [-0.2, 0) is 0 Å². The number of benzene rings is 2. The topological polar surface area (TPSA) is 48.1 Å². The summed E-state index contributed by atoms with van der Waals surface area (Å²) in [6, 6.07) is 8.94. The van der Waals surface area contributed by atoms with E-state index >= 15 is 0 Å². The van der Waals surface area contributed by atoms with Crippen molar-refractivity contribution in [2.24, 2.45) is 0 Å². The van der Waals surface area contributed by atoms with Gasteiger partial charge in [0.15, 0.2) is 11.6 Å². The molecule has 0 unspecified atom stereocenters. The number of aromatic nitrogens is 1. The number of nitrogens with two attached hydrogens (primary N) is 1. The van der Waals surface area contributed by atoms with Crippen LogP contribution in [0.2, 0.25) is 0 Å². The molecule has 21 heavy (non-hydrogen) atoms. The highest BCUT2D eigenvalue weighted by molar-refractivity contribution is 5.94. The smallest absolute Gasteiger partial charge is 0.189 e. The molecule has 0 aliphatic heterocycles. The molecule has 1 heterocycles. The van der Waals surface area contributed by atoms with Gasteiger partial charge in [-0.15, -0.1) is 0 Å². The summed E-state index contributed by atoms with van der Waals surface area (Å²) in [5, 5.41) is 0.585. The van der Waals surface area contributed by atoms with Crippen LogP contribution in [0, 0.1) is 18.6 Å². The Morgan fingerprint density at radius 2 is 1.90 bits per heavy atom. The fraction of sp³-hybridized carbons (Fsp3) is 0.0625. The van der Waals surface area contributed by atoms with Crippen LogP contribution in [0.1, 0.15) is 5.56 Å². The lowest BCUT2D eigenvalue weighted by molar-refractivity contribution is 0.443. The van der Waals surface area contributed by atoms with Crippen molar-refractivity contribution in [1.82, 2.24) is 4.98 Å². The van der Waals surface area contributed by atoms with Gasteiger partial charge in [0.1, 0.15) is 17.1 Å². The van der Waals surface area contributed by atoms with Crippen molar-refractivity contribution in [3.05, 3.63) is 59.8 Å². The predicted molar refractivity (Wildman–Crippen MR) is 77.3 cm³/mol. The van der Waals surface area contributed by atoms with E-state index in [1.807, 2.05) is 0 Å². The molecule has 3 aromatic rings. The third kappa shape index (κ3) is 2.38. The summed E-state index contributed by atoms with van der Waals surface area (Å²) in [4.78, 5) is 4.10. The molecule has 0 aliphatic carbocycles. The minimum Gasteiger partial charge on any atom is -0.452 e. The number of ether oxygens (including phenoxy) is 1. The summed E-state index contributed by atoms with van der Waals surface area (Å²) in [5.74, 6) is -0.919. The molecule has 5 heteroatoms. The zero-order valence-electron chi connectivity index (χ0n) is 11.2. The molecule has 1 aromatic heterocycles. The number of anilines is 1. The quantitative estimate of drug-likeness (QED) is 0.718. The Morgan fingerprint density at radius 3 is 2.67 bits per heavy atom. The fourth-order valence-corrected chi connectivity index (χ4v) is 2.06. The van der Waals surface area contributed by atoms with E-state index in [1.54, 1.807) is 31.2 Å². The van der Waals surface area contributed by atoms with Crippen molar-refractivity contribution in [1.29, 1.82) is 0 Å². The SMILES string of the molecule is Cc1ccc(Oc2c(F)cc(N)c3cccnc23)cc1F. The van der Waals surface area contributed by atoms with E-state index in [0.717, 1.165) is 0 Å². The highest BCUT2D eigenvalue weighted by Gasteiger charge is 2.14. The lowest BCUT2D eigenvalue weighted by atomic mass is 10.1. The Hall–Kier alpha value is -2.69. The number of halogens is 2. The molecule has 0 amide bonds.